The topological polar surface area (TPSA) is 85.3 Å². The third-order valence-corrected chi connectivity index (χ3v) is 6.56. The van der Waals surface area contributed by atoms with E-state index in [1.54, 1.807) is 25.3 Å². The molecule has 1 heterocycles. The molecular weight excluding hydrogens is 494 g/mol. The highest BCUT2D eigenvalue weighted by Crippen LogP contribution is 2.41. The molecule has 1 saturated heterocycles. The average Bonchev–Trinajstić information content (AvgIpc) is 3.17. The van der Waals surface area contributed by atoms with Crippen molar-refractivity contribution in [2.45, 2.75) is 40.3 Å². The van der Waals surface area contributed by atoms with Crippen molar-refractivity contribution in [2.24, 2.45) is 5.92 Å². The van der Waals surface area contributed by atoms with Gasteiger partial charge < -0.3 is 24.2 Å². The van der Waals surface area contributed by atoms with E-state index in [2.05, 4.69) is 13.8 Å². The van der Waals surface area contributed by atoms with Gasteiger partial charge in [-0.25, -0.2) is 0 Å². The Morgan fingerprint density at radius 2 is 1.72 bits per heavy atom. The monoisotopic (exact) mass is 529 g/mol. The maximum absolute atomic E-state index is 13.5. The molecule has 1 aliphatic heterocycles. The number of hydrogen-bond donors (Lipinski definition) is 1. The lowest BCUT2D eigenvalue weighted by Gasteiger charge is -2.26. The van der Waals surface area contributed by atoms with Gasteiger partial charge in [0, 0.05) is 12.1 Å². The number of likely N-dealkylation sites (tertiary alicyclic amines) is 1. The summed E-state index contributed by atoms with van der Waals surface area (Å²) in [5.74, 6) is 0.757. The van der Waals surface area contributed by atoms with Crippen LogP contribution in [0.2, 0.25) is 0 Å². The minimum absolute atomic E-state index is 0.0393. The van der Waals surface area contributed by atoms with Crippen LogP contribution in [0.4, 0.5) is 0 Å². The van der Waals surface area contributed by atoms with Gasteiger partial charge in [-0.05, 0) is 78.9 Å². The Morgan fingerprint density at radius 1 is 0.974 bits per heavy atom. The van der Waals surface area contributed by atoms with Crippen molar-refractivity contribution in [3.05, 3.63) is 94.6 Å². The first-order valence-electron chi connectivity index (χ1n) is 13.1. The number of nitrogens with zero attached hydrogens (tertiary/aromatic N) is 1. The highest BCUT2D eigenvalue weighted by atomic mass is 16.5. The number of ether oxygens (including phenoxy) is 3. The van der Waals surface area contributed by atoms with E-state index in [4.69, 9.17) is 14.2 Å². The van der Waals surface area contributed by atoms with Gasteiger partial charge in [-0.2, -0.15) is 0 Å². The molecule has 7 heteroatoms. The minimum atomic E-state index is -0.801. The first-order valence-corrected chi connectivity index (χ1v) is 13.1. The van der Waals surface area contributed by atoms with Gasteiger partial charge in [-0.15, -0.1) is 0 Å². The lowest BCUT2D eigenvalue weighted by molar-refractivity contribution is -0.140. The van der Waals surface area contributed by atoms with Crippen LogP contribution in [0.5, 0.6) is 17.2 Å². The van der Waals surface area contributed by atoms with E-state index in [1.807, 2.05) is 62.4 Å². The molecule has 1 atom stereocenters. The number of Topliss-reactive ketones (excluding diaryl/α,β-unsaturated/α-hetero) is 1. The zero-order chi connectivity index (χ0) is 28.1. The van der Waals surface area contributed by atoms with Crippen molar-refractivity contribution in [2.75, 3.05) is 20.3 Å². The van der Waals surface area contributed by atoms with Gasteiger partial charge in [0.2, 0.25) is 0 Å². The van der Waals surface area contributed by atoms with E-state index >= 15 is 0 Å². The minimum Gasteiger partial charge on any atom is -0.507 e. The number of aryl methyl sites for hydroxylation is 1. The first-order chi connectivity index (χ1) is 18.7. The van der Waals surface area contributed by atoms with Gasteiger partial charge in [-0.1, -0.05) is 38.1 Å². The smallest absolute Gasteiger partial charge is 0.295 e. The van der Waals surface area contributed by atoms with Crippen LogP contribution in [-0.4, -0.2) is 42.0 Å². The van der Waals surface area contributed by atoms with Crippen molar-refractivity contribution < 1.29 is 28.9 Å². The van der Waals surface area contributed by atoms with Crippen LogP contribution < -0.4 is 14.2 Å². The predicted octanol–water partition coefficient (Wildman–Crippen LogP) is 6.06. The molecule has 0 saturated carbocycles. The Bertz CT molecular complexity index is 1380. The molecule has 0 bridgehead atoms. The lowest BCUT2D eigenvalue weighted by atomic mass is 9.94. The molecule has 3 aromatic carbocycles. The number of hydrogen-bond acceptors (Lipinski definition) is 6. The summed E-state index contributed by atoms with van der Waals surface area (Å²) in [4.78, 5) is 28.4. The van der Waals surface area contributed by atoms with Gasteiger partial charge in [0.05, 0.1) is 31.9 Å². The third-order valence-electron chi connectivity index (χ3n) is 6.56. The Hall–Kier alpha value is -4.26. The van der Waals surface area contributed by atoms with Crippen molar-refractivity contribution in [1.29, 1.82) is 0 Å². The lowest BCUT2D eigenvalue weighted by Crippen LogP contribution is -2.29. The van der Waals surface area contributed by atoms with Crippen molar-refractivity contribution in [3.8, 4) is 17.2 Å². The van der Waals surface area contributed by atoms with Crippen LogP contribution in [0.15, 0.2) is 72.3 Å². The van der Waals surface area contributed by atoms with Gasteiger partial charge in [0.1, 0.15) is 23.0 Å². The van der Waals surface area contributed by atoms with Crippen molar-refractivity contribution in [3.63, 3.8) is 0 Å². The fourth-order valence-electron chi connectivity index (χ4n) is 4.63. The predicted molar refractivity (Wildman–Crippen MR) is 150 cm³/mol. The van der Waals surface area contributed by atoms with E-state index < -0.39 is 17.7 Å². The fraction of sp³-hybridized carbons (Fsp3) is 0.312. The van der Waals surface area contributed by atoms with Crippen molar-refractivity contribution in [1.82, 2.24) is 4.90 Å². The SMILES string of the molecule is CCOc1cccc(C2/C(=C(\O)c3ccc(OCC(C)C)c(C)c3)C(=O)C(=O)N2Cc2ccc(OC)cc2)c1. The molecule has 0 aromatic heterocycles. The molecule has 1 amide bonds. The van der Waals surface area contributed by atoms with E-state index in [0.29, 0.717) is 47.5 Å². The second-order valence-corrected chi connectivity index (χ2v) is 9.97. The summed E-state index contributed by atoms with van der Waals surface area (Å²) >= 11 is 0. The van der Waals surface area contributed by atoms with Crippen LogP contribution >= 0.6 is 0 Å². The second kappa shape index (κ2) is 12.1. The Kier molecular flexibility index (Phi) is 8.59. The van der Waals surface area contributed by atoms with Crippen LogP contribution in [0, 0.1) is 12.8 Å². The Morgan fingerprint density at radius 3 is 2.36 bits per heavy atom. The van der Waals surface area contributed by atoms with Gasteiger partial charge in [0.25, 0.3) is 11.7 Å². The van der Waals surface area contributed by atoms with Gasteiger partial charge in [0.15, 0.2) is 0 Å². The van der Waals surface area contributed by atoms with Crippen LogP contribution in [0.1, 0.15) is 49.1 Å². The summed E-state index contributed by atoms with van der Waals surface area (Å²) in [5.41, 5.74) is 2.80. The van der Waals surface area contributed by atoms with E-state index in [1.165, 1.54) is 4.90 Å². The number of carbonyl (C=O) groups is 2. The van der Waals surface area contributed by atoms with Gasteiger partial charge >= 0.3 is 0 Å². The number of benzene rings is 3. The molecule has 1 fully saturated rings. The zero-order valence-electron chi connectivity index (χ0n) is 23.1. The number of amides is 1. The van der Waals surface area contributed by atoms with E-state index in [0.717, 1.165) is 11.1 Å². The Balaban J connectivity index is 1.79. The number of aliphatic hydroxyl groups is 1. The fourth-order valence-corrected chi connectivity index (χ4v) is 4.63. The third kappa shape index (κ3) is 6.08. The normalized spacial score (nSPS) is 16.6. The molecule has 1 aliphatic rings. The summed E-state index contributed by atoms with van der Waals surface area (Å²) in [5, 5.41) is 11.5. The van der Waals surface area contributed by atoms with Crippen molar-refractivity contribution >= 4 is 17.4 Å². The number of methoxy groups -OCH3 is 1. The molecule has 0 radical (unpaired) electrons. The molecule has 39 heavy (non-hydrogen) atoms. The highest BCUT2D eigenvalue weighted by Gasteiger charge is 2.46. The summed E-state index contributed by atoms with van der Waals surface area (Å²) in [6, 6.07) is 19.1. The number of aliphatic hydroxyl groups excluding tert-OH is 1. The maximum Gasteiger partial charge on any atom is 0.295 e. The molecule has 1 unspecified atom stereocenters. The van der Waals surface area contributed by atoms with E-state index in [-0.39, 0.29) is 17.9 Å². The number of carbonyl (C=O) groups excluding carboxylic acids is 2. The standard InChI is InChI=1S/C32H35NO6/c1-6-38-26-9-7-8-23(17-26)29-28(30(34)24-12-15-27(21(4)16-24)39-19-20(2)3)31(35)32(36)33(29)18-22-10-13-25(37-5)14-11-22/h7-17,20,29,34H,6,18-19H2,1-5H3/b30-28+. The Labute approximate surface area is 229 Å². The second-order valence-electron chi connectivity index (χ2n) is 9.97. The quantitative estimate of drug-likeness (QED) is 0.195. The van der Waals surface area contributed by atoms with Crippen LogP contribution in [-0.2, 0) is 16.1 Å². The molecule has 0 spiro atoms. The summed E-state index contributed by atoms with van der Waals surface area (Å²) < 4.78 is 16.8. The van der Waals surface area contributed by atoms with Crippen LogP contribution in [0.3, 0.4) is 0 Å². The molecule has 0 aliphatic carbocycles. The molecule has 4 rings (SSSR count). The van der Waals surface area contributed by atoms with Gasteiger partial charge in [-0.3, -0.25) is 9.59 Å². The average molecular weight is 530 g/mol. The molecule has 3 aromatic rings. The first kappa shape index (κ1) is 27.8. The molecular formula is C32H35NO6. The zero-order valence-corrected chi connectivity index (χ0v) is 23.1. The largest absolute Gasteiger partial charge is 0.507 e. The molecule has 1 N–H and O–H groups in total. The molecule has 204 valence electrons. The highest BCUT2D eigenvalue weighted by molar-refractivity contribution is 6.46. The van der Waals surface area contributed by atoms with Crippen LogP contribution in [0.25, 0.3) is 5.76 Å². The summed E-state index contributed by atoms with van der Waals surface area (Å²) in [7, 11) is 1.59. The molecule has 7 nitrogen and oxygen atoms in total. The van der Waals surface area contributed by atoms with E-state index in [9.17, 15) is 14.7 Å². The maximum atomic E-state index is 13.5. The summed E-state index contributed by atoms with van der Waals surface area (Å²) in [6.07, 6.45) is 0. The number of rotatable bonds is 10. The number of ketones is 1. The summed E-state index contributed by atoms with van der Waals surface area (Å²) in [6.45, 7) is 9.13.